The van der Waals surface area contributed by atoms with E-state index in [0.717, 1.165) is 32.1 Å². The molecule has 0 radical (unpaired) electrons. The van der Waals surface area contributed by atoms with Crippen LogP contribution in [0.2, 0.25) is 0 Å². The number of nitrogens with zero attached hydrogens (tertiary/aromatic N) is 1. The largest absolute Gasteiger partial charge is 0.453 e. The predicted octanol–water partition coefficient (Wildman–Crippen LogP) is 1.69. The highest BCUT2D eigenvalue weighted by molar-refractivity contribution is 5.67. The third-order valence-corrected chi connectivity index (χ3v) is 3.16. The molecule has 1 aliphatic heterocycles. The summed E-state index contributed by atoms with van der Waals surface area (Å²) in [6.07, 6.45) is 3.63. The highest BCUT2D eigenvalue weighted by Crippen LogP contribution is 2.23. The quantitative estimate of drug-likeness (QED) is 0.656. The van der Waals surface area contributed by atoms with Crippen LogP contribution in [0.3, 0.4) is 0 Å². The number of carbonyl (C=O) groups is 2. The Balaban J connectivity index is 2.48. The van der Waals surface area contributed by atoms with Crippen LogP contribution in [0.5, 0.6) is 0 Å². The summed E-state index contributed by atoms with van der Waals surface area (Å²) in [6, 6.07) is 0. The van der Waals surface area contributed by atoms with E-state index in [-0.39, 0.29) is 12.0 Å². The lowest BCUT2D eigenvalue weighted by Gasteiger charge is -2.19. The monoisotopic (exact) mass is 213 g/mol. The number of aldehydes is 1. The van der Waals surface area contributed by atoms with E-state index in [1.165, 1.54) is 7.11 Å². The smallest absolute Gasteiger partial charge is 0.409 e. The van der Waals surface area contributed by atoms with Crippen molar-refractivity contribution in [2.75, 3.05) is 20.2 Å². The second kappa shape index (κ2) is 5.73. The van der Waals surface area contributed by atoms with Gasteiger partial charge in [0.1, 0.15) is 6.29 Å². The number of hydrogen-bond acceptors (Lipinski definition) is 3. The second-order valence-electron chi connectivity index (χ2n) is 4.14. The van der Waals surface area contributed by atoms with Gasteiger partial charge in [0.05, 0.1) is 7.11 Å². The van der Waals surface area contributed by atoms with E-state index in [1.54, 1.807) is 4.90 Å². The fraction of sp³-hybridized carbons (Fsp3) is 0.818. The van der Waals surface area contributed by atoms with Crippen molar-refractivity contribution in [3.8, 4) is 0 Å². The maximum Gasteiger partial charge on any atom is 0.409 e. The average molecular weight is 213 g/mol. The molecule has 0 aromatic rings. The highest BCUT2D eigenvalue weighted by Gasteiger charge is 2.23. The van der Waals surface area contributed by atoms with Crippen LogP contribution in [-0.4, -0.2) is 37.5 Å². The molecule has 1 amide bonds. The first-order chi connectivity index (χ1) is 7.19. The first-order valence-corrected chi connectivity index (χ1v) is 5.47. The molecular formula is C11H19NO3. The molecule has 0 aromatic heterocycles. The zero-order chi connectivity index (χ0) is 11.3. The lowest BCUT2D eigenvalue weighted by molar-refractivity contribution is -0.112. The van der Waals surface area contributed by atoms with E-state index >= 15 is 0 Å². The van der Waals surface area contributed by atoms with Crippen LogP contribution >= 0.6 is 0 Å². The van der Waals surface area contributed by atoms with Gasteiger partial charge in [0.15, 0.2) is 0 Å². The average Bonchev–Trinajstić information content (AvgIpc) is 2.52. The zero-order valence-electron chi connectivity index (χ0n) is 9.44. The molecule has 0 N–H and O–H groups in total. The first kappa shape index (κ1) is 12.0. The summed E-state index contributed by atoms with van der Waals surface area (Å²) in [5.74, 6) is 0.514. The lowest BCUT2D eigenvalue weighted by Crippen LogP contribution is -2.31. The molecule has 1 saturated heterocycles. The van der Waals surface area contributed by atoms with Gasteiger partial charge in [-0.2, -0.15) is 0 Å². The van der Waals surface area contributed by atoms with Crippen molar-refractivity contribution >= 4 is 12.4 Å². The summed E-state index contributed by atoms with van der Waals surface area (Å²) >= 11 is 0. The van der Waals surface area contributed by atoms with Crippen LogP contribution in [-0.2, 0) is 9.53 Å². The number of amides is 1. The summed E-state index contributed by atoms with van der Waals surface area (Å²) in [7, 11) is 1.40. The van der Waals surface area contributed by atoms with Crippen LogP contribution < -0.4 is 0 Å². The Morgan fingerprint density at radius 3 is 2.80 bits per heavy atom. The Bertz CT molecular complexity index is 230. The third kappa shape index (κ3) is 3.22. The van der Waals surface area contributed by atoms with Gasteiger partial charge in [-0.1, -0.05) is 6.92 Å². The standard InChI is InChI=1S/C11H19NO3/c1-9(8-13)10-4-3-6-12(7-5-10)11(14)15-2/h8-10H,3-7H2,1-2H3. The normalized spacial score (nSPS) is 24.1. The summed E-state index contributed by atoms with van der Waals surface area (Å²) in [4.78, 5) is 23.7. The van der Waals surface area contributed by atoms with Crippen LogP contribution in [0, 0.1) is 11.8 Å². The Morgan fingerprint density at radius 1 is 1.47 bits per heavy atom. The molecule has 4 heteroatoms. The van der Waals surface area contributed by atoms with Gasteiger partial charge >= 0.3 is 6.09 Å². The van der Waals surface area contributed by atoms with E-state index in [1.807, 2.05) is 6.92 Å². The number of carbonyl (C=O) groups excluding carboxylic acids is 2. The molecule has 4 nitrogen and oxygen atoms in total. The van der Waals surface area contributed by atoms with Gasteiger partial charge in [-0.15, -0.1) is 0 Å². The minimum atomic E-state index is -0.255. The Labute approximate surface area is 90.6 Å². The van der Waals surface area contributed by atoms with Crippen LogP contribution in [0.15, 0.2) is 0 Å². The van der Waals surface area contributed by atoms with E-state index in [2.05, 4.69) is 4.74 Å². The Morgan fingerprint density at radius 2 is 2.20 bits per heavy atom. The van der Waals surface area contributed by atoms with Crippen molar-refractivity contribution in [3.63, 3.8) is 0 Å². The molecule has 0 saturated carbocycles. The van der Waals surface area contributed by atoms with Crippen molar-refractivity contribution in [3.05, 3.63) is 0 Å². The summed E-state index contributed by atoms with van der Waals surface area (Å²) < 4.78 is 4.68. The van der Waals surface area contributed by atoms with E-state index in [4.69, 9.17) is 0 Å². The molecule has 0 aliphatic carbocycles. The molecular weight excluding hydrogens is 194 g/mol. The molecule has 0 aromatic carbocycles. The molecule has 1 fully saturated rings. The van der Waals surface area contributed by atoms with Gasteiger partial charge in [-0.3, -0.25) is 0 Å². The number of hydrogen-bond donors (Lipinski definition) is 0. The molecule has 2 atom stereocenters. The fourth-order valence-electron chi connectivity index (χ4n) is 2.07. The van der Waals surface area contributed by atoms with Crippen molar-refractivity contribution in [2.45, 2.75) is 26.2 Å². The number of likely N-dealkylation sites (tertiary alicyclic amines) is 1. The Hall–Kier alpha value is -1.06. The van der Waals surface area contributed by atoms with Crippen molar-refractivity contribution in [1.29, 1.82) is 0 Å². The van der Waals surface area contributed by atoms with Crippen LogP contribution in [0.4, 0.5) is 4.79 Å². The highest BCUT2D eigenvalue weighted by atomic mass is 16.5. The number of rotatable bonds is 2. The van der Waals surface area contributed by atoms with Gasteiger partial charge < -0.3 is 14.4 Å². The van der Waals surface area contributed by atoms with Gasteiger partial charge in [-0.25, -0.2) is 4.79 Å². The van der Waals surface area contributed by atoms with Crippen molar-refractivity contribution in [2.24, 2.45) is 11.8 Å². The summed E-state index contributed by atoms with van der Waals surface area (Å²) in [5, 5.41) is 0. The molecule has 2 unspecified atom stereocenters. The molecule has 86 valence electrons. The molecule has 1 rings (SSSR count). The van der Waals surface area contributed by atoms with Gasteiger partial charge in [0, 0.05) is 19.0 Å². The molecule has 0 bridgehead atoms. The maximum atomic E-state index is 11.3. The van der Waals surface area contributed by atoms with E-state index < -0.39 is 0 Å². The Kier molecular flexibility index (Phi) is 4.59. The lowest BCUT2D eigenvalue weighted by atomic mass is 9.89. The molecule has 0 spiro atoms. The summed E-state index contributed by atoms with van der Waals surface area (Å²) in [5.41, 5.74) is 0. The van der Waals surface area contributed by atoms with Gasteiger partial charge in [0.25, 0.3) is 0 Å². The third-order valence-electron chi connectivity index (χ3n) is 3.16. The maximum absolute atomic E-state index is 11.3. The second-order valence-corrected chi connectivity index (χ2v) is 4.14. The molecule has 1 heterocycles. The molecule has 1 aliphatic rings. The fourth-order valence-corrected chi connectivity index (χ4v) is 2.07. The zero-order valence-corrected chi connectivity index (χ0v) is 9.44. The van der Waals surface area contributed by atoms with E-state index in [9.17, 15) is 9.59 Å². The van der Waals surface area contributed by atoms with Crippen LogP contribution in [0.25, 0.3) is 0 Å². The number of methoxy groups -OCH3 is 1. The summed E-state index contributed by atoms with van der Waals surface area (Å²) in [6.45, 7) is 3.40. The van der Waals surface area contributed by atoms with E-state index in [0.29, 0.717) is 12.5 Å². The number of ether oxygens (including phenoxy) is 1. The van der Waals surface area contributed by atoms with Crippen molar-refractivity contribution in [1.82, 2.24) is 4.90 Å². The minimum Gasteiger partial charge on any atom is -0.453 e. The first-order valence-electron chi connectivity index (χ1n) is 5.47. The topological polar surface area (TPSA) is 46.6 Å². The predicted molar refractivity (Wildman–Crippen MR) is 56.5 cm³/mol. The van der Waals surface area contributed by atoms with Gasteiger partial charge in [0.2, 0.25) is 0 Å². The van der Waals surface area contributed by atoms with Crippen LogP contribution in [0.1, 0.15) is 26.2 Å². The van der Waals surface area contributed by atoms with Crippen molar-refractivity contribution < 1.29 is 14.3 Å². The minimum absolute atomic E-state index is 0.0996. The van der Waals surface area contributed by atoms with Gasteiger partial charge in [-0.05, 0) is 25.2 Å². The molecule has 15 heavy (non-hydrogen) atoms. The SMILES string of the molecule is COC(=O)N1CCCC(C(C)C=O)CC1.